The molecule has 14 heavy (non-hydrogen) atoms. The average molecular weight is 194 g/mol. The Morgan fingerprint density at radius 2 is 2.07 bits per heavy atom. The molecule has 3 heteroatoms. The lowest BCUT2D eigenvalue weighted by Gasteiger charge is -2.14. The van der Waals surface area contributed by atoms with Crippen LogP contribution < -0.4 is 16.5 Å². The Bertz CT molecular complexity index is 299. The standard InChI is InChI=1S/C11H18N2O/c1-3-8-5-6-9(10(12)4-2)11(7-8)14-13/h5-7,10H,3-4,12-13H2,1-2H3. The highest BCUT2D eigenvalue weighted by Crippen LogP contribution is 2.26. The minimum absolute atomic E-state index is 0.000504. The Hall–Kier alpha value is -1.06. The van der Waals surface area contributed by atoms with E-state index in [2.05, 4.69) is 13.0 Å². The summed E-state index contributed by atoms with van der Waals surface area (Å²) < 4.78 is 0. The smallest absolute Gasteiger partial charge is 0.151 e. The highest BCUT2D eigenvalue weighted by molar-refractivity contribution is 5.39. The van der Waals surface area contributed by atoms with Gasteiger partial charge in [-0.2, -0.15) is 5.90 Å². The second-order valence-electron chi connectivity index (χ2n) is 3.36. The van der Waals surface area contributed by atoms with Crippen molar-refractivity contribution in [2.75, 3.05) is 0 Å². The van der Waals surface area contributed by atoms with Crippen LogP contribution in [0, 0.1) is 0 Å². The van der Waals surface area contributed by atoms with Gasteiger partial charge in [-0.15, -0.1) is 0 Å². The predicted octanol–water partition coefficient (Wildman–Crippen LogP) is 1.91. The van der Waals surface area contributed by atoms with Crippen LogP contribution in [0.4, 0.5) is 0 Å². The number of benzene rings is 1. The molecule has 0 aliphatic heterocycles. The normalized spacial score (nSPS) is 12.6. The maximum absolute atomic E-state index is 5.93. The van der Waals surface area contributed by atoms with Crippen LogP contribution in [0.25, 0.3) is 0 Å². The summed E-state index contributed by atoms with van der Waals surface area (Å²) in [5.41, 5.74) is 8.11. The van der Waals surface area contributed by atoms with E-state index in [1.54, 1.807) is 0 Å². The molecule has 0 heterocycles. The molecule has 78 valence electrons. The van der Waals surface area contributed by atoms with Crippen molar-refractivity contribution in [1.82, 2.24) is 0 Å². The van der Waals surface area contributed by atoms with Gasteiger partial charge in [0.1, 0.15) is 0 Å². The summed E-state index contributed by atoms with van der Waals surface area (Å²) in [6.45, 7) is 4.13. The van der Waals surface area contributed by atoms with Gasteiger partial charge in [-0.05, 0) is 24.5 Å². The Labute approximate surface area is 85.0 Å². The summed E-state index contributed by atoms with van der Waals surface area (Å²) in [4.78, 5) is 4.83. The van der Waals surface area contributed by atoms with E-state index in [1.165, 1.54) is 5.56 Å². The molecule has 0 saturated heterocycles. The van der Waals surface area contributed by atoms with Crippen molar-refractivity contribution in [3.05, 3.63) is 29.3 Å². The van der Waals surface area contributed by atoms with E-state index in [4.69, 9.17) is 16.5 Å². The van der Waals surface area contributed by atoms with E-state index in [0.29, 0.717) is 5.75 Å². The van der Waals surface area contributed by atoms with Crippen LogP contribution in [-0.4, -0.2) is 0 Å². The highest BCUT2D eigenvalue weighted by atomic mass is 16.6. The highest BCUT2D eigenvalue weighted by Gasteiger charge is 2.10. The number of hydrogen-bond donors (Lipinski definition) is 2. The van der Waals surface area contributed by atoms with Crippen LogP contribution in [0.2, 0.25) is 0 Å². The molecule has 0 bridgehead atoms. The van der Waals surface area contributed by atoms with Crippen LogP contribution in [0.1, 0.15) is 37.4 Å². The van der Waals surface area contributed by atoms with Crippen LogP contribution >= 0.6 is 0 Å². The number of rotatable bonds is 4. The Balaban J connectivity index is 3.04. The van der Waals surface area contributed by atoms with E-state index < -0.39 is 0 Å². The predicted molar refractivity (Wildman–Crippen MR) is 57.9 cm³/mol. The first kappa shape index (κ1) is 11.0. The van der Waals surface area contributed by atoms with Crippen molar-refractivity contribution in [3.63, 3.8) is 0 Å². The van der Waals surface area contributed by atoms with Gasteiger partial charge in [0, 0.05) is 11.6 Å². The van der Waals surface area contributed by atoms with Gasteiger partial charge < -0.3 is 10.6 Å². The van der Waals surface area contributed by atoms with Gasteiger partial charge >= 0.3 is 0 Å². The molecule has 0 radical (unpaired) electrons. The third kappa shape index (κ3) is 2.25. The van der Waals surface area contributed by atoms with Crippen LogP contribution in [0.5, 0.6) is 5.75 Å². The van der Waals surface area contributed by atoms with Crippen LogP contribution in [-0.2, 0) is 6.42 Å². The SMILES string of the molecule is CCc1ccc(C(N)CC)c(ON)c1. The largest absolute Gasteiger partial charge is 0.411 e. The first-order chi connectivity index (χ1) is 6.72. The Morgan fingerprint density at radius 1 is 1.36 bits per heavy atom. The van der Waals surface area contributed by atoms with E-state index >= 15 is 0 Å². The minimum Gasteiger partial charge on any atom is -0.411 e. The van der Waals surface area contributed by atoms with Crippen molar-refractivity contribution in [1.29, 1.82) is 0 Å². The molecule has 0 aliphatic carbocycles. The Morgan fingerprint density at radius 3 is 2.57 bits per heavy atom. The summed E-state index contributed by atoms with van der Waals surface area (Å²) >= 11 is 0. The summed E-state index contributed by atoms with van der Waals surface area (Å²) in [6, 6.07) is 6.01. The zero-order valence-electron chi connectivity index (χ0n) is 8.79. The zero-order chi connectivity index (χ0) is 10.6. The molecule has 0 spiro atoms. The number of hydrogen-bond acceptors (Lipinski definition) is 3. The molecule has 1 aromatic carbocycles. The average Bonchev–Trinajstić information content (AvgIpc) is 2.27. The maximum atomic E-state index is 5.93. The molecule has 1 unspecified atom stereocenters. The summed E-state index contributed by atoms with van der Waals surface area (Å²) in [6.07, 6.45) is 1.85. The third-order valence-corrected chi connectivity index (χ3v) is 2.45. The van der Waals surface area contributed by atoms with Gasteiger partial charge in [0.05, 0.1) is 0 Å². The molecule has 1 rings (SSSR count). The molecule has 4 N–H and O–H groups in total. The molecule has 3 nitrogen and oxygen atoms in total. The van der Waals surface area contributed by atoms with E-state index in [1.807, 2.05) is 19.1 Å². The first-order valence-electron chi connectivity index (χ1n) is 4.98. The first-order valence-corrected chi connectivity index (χ1v) is 4.98. The monoisotopic (exact) mass is 194 g/mol. The molecular formula is C11H18N2O. The summed E-state index contributed by atoms with van der Waals surface area (Å²) in [7, 11) is 0. The van der Waals surface area contributed by atoms with Gasteiger partial charge in [-0.25, -0.2) is 0 Å². The van der Waals surface area contributed by atoms with Gasteiger partial charge in [0.2, 0.25) is 0 Å². The van der Waals surface area contributed by atoms with Crippen molar-refractivity contribution >= 4 is 0 Å². The molecular weight excluding hydrogens is 176 g/mol. The molecule has 0 fully saturated rings. The second kappa shape index (κ2) is 4.98. The molecule has 1 aromatic rings. The van der Waals surface area contributed by atoms with Gasteiger partial charge in [-0.1, -0.05) is 26.0 Å². The summed E-state index contributed by atoms with van der Waals surface area (Å²) in [5.74, 6) is 5.90. The molecule has 1 atom stereocenters. The van der Waals surface area contributed by atoms with Crippen molar-refractivity contribution in [2.45, 2.75) is 32.7 Å². The van der Waals surface area contributed by atoms with Crippen molar-refractivity contribution in [3.8, 4) is 5.75 Å². The molecule has 0 saturated carbocycles. The lowest BCUT2D eigenvalue weighted by atomic mass is 10.0. The van der Waals surface area contributed by atoms with E-state index in [-0.39, 0.29) is 6.04 Å². The summed E-state index contributed by atoms with van der Waals surface area (Å²) in [5, 5.41) is 0. The molecule has 0 amide bonds. The van der Waals surface area contributed by atoms with Gasteiger partial charge in [0.15, 0.2) is 5.75 Å². The molecule has 0 aromatic heterocycles. The van der Waals surface area contributed by atoms with Gasteiger partial charge in [0.25, 0.3) is 0 Å². The lowest BCUT2D eigenvalue weighted by molar-refractivity contribution is 0.327. The van der Waals surface area contributed by atoms with E-state index in [0.717, 1.165) is 18.4 Å². The zero-order valence-corrected chi connectivity index (χ0v) is 8.79. The van der Waals surface area contributed by atoms with Gasteiger partial charge in [-0.3, -0.25) is 0 Å². The molecule has 0 aliphatic rings. The van der Waals surface area contributed by atoms with E-state index in [9.17, 15) is 0 Å². The topological polar surface area (TPSA) is 61.3 Å². The second-order valence-corrected chi connectivity index (χ2v) is 3.36. The lowest BCUT2D eigenvalue weighted by Crippen LogP contribution is -2.13. The van der Waals surface area contributed by atoms with Crippen LogP contribution in [0.15, 0.2) is 18.2 Å². The fourth-order valence-corrected chi connectivity index (χ4v) is 1.43. The third-order valence-electron chi connectivity index (χ3n) is 2.45. The fourth-order valence-electron chi connectivity index (χ4n) is 1.43. The quantitative estimate of drug-likeness (QED) is 0.720. The number of aryl methyl sites for hydroxylation is 1. The minimum atomic E-state index is -0.000504. The van der Waals surface area contributed by atoms with Crippen molar-refractivity contribution < 1.29 is 4.84 Å². The van der Waals surface area contributed by atoms with Crippen LogP contribution in [0.3, 0.4) is 0 Å². The Kier molecular flexibility index (Phi) is 3.92. The van der Waals surface area contributed by atoms with Crippen molar-refractivity contribution in [2.24, 2.45) is 11.6 Å². The fraction of sp³-hybridized carbons (Fsp3) is 0.455. The maximum Gasteiger partial charge on any atom is 0.151 e. The number of nitrogens with two attached hydrogens (primary N) is 2.